The Labute approximate surface area is 212 Å². The van der Waals surface area contributed by atoms with Gasteiger partial charge >= 0.3 is 5.97 Å². The lowest BCUT2D eigenvalue weighted by atomic mass is 10.1. The average molecular weight is 527 g/mol. The zero-order chi connectivity index (χ0) is 26.3. The molecule has 3 aromatic rings. The average Bonchev–Trinajstić information content (AvgIpc) is 3.33. The minimum Gasteiger partial charge on any atom is -0.490 e. The van der Waals surface area contributed by atoms with Crippen molar-refractivity contribution < 1.29 is 27.5 Å². The van der Waals surface area contributed by atoms with Crippen LogP contribution in [0.3, 0.4) is 0 Å². The van der Waals surface area contributed by atoms with Gasteiger partial charge in [-0.15, -0.1) is 0 Å². The fraction of sp³-hybridized carbons (Fsp3) is 0.208. The van der Waals surface area contributed by atoms with E-state index in [1.165, 1.54) is 25.1 Å². The second-order valence-electron chi connectivity index (χ2n) is 7.30. The Morgan fingerprint density at radius 3 is 2.50 bits per heavy atom. The summed E-state index contributed by atoms with van der Waals surface area (Å²) < 4.78 is 38.5. The number of carbonyl (C=O) groups is 2. The monoisotopic (exact) mass is 526 g/mol. The topological polar surface area (TPSA) is 148 Å². The largest absolute Gasteiger partial charge is 0.490 e. The standard InChI is InChI=1S/C24H22N4O6S2/c1-4-33-20-13-16(8-11-19(20)34-22(30)17-9-6-15(3)7-10-17)12-18(14-25)21(29)26-23-27-24(28-35-23)36(31,32)5-2/h6-13H,4-5H2,1-3H3,(H,26,27,28,29). The summed E-state index contributed by atoms with van der Waals surface area (Å²) in [6.45, 7) is 5.41. The molecule has 3 rings (SSSR count). The zero-order valence-electron chi connectivity index (χ0n) is 19.6. The number of hydrogen-bond donors (Lipinski definition) is 1. The second-order valence-corrected chi connectivity index (χ2v) is 10.2. The van der Waals surface area contributed by atoms with E-state index in [1.807, 2.05) is 6.92 Å². The number of nitriles is 1. The number of amides is 1. The molecule has 186 valence electrons. The third-order valence-electron chi connectivity index (χ3n) is 4.72. The van der Waals surface area contributed by atoms with E-state index in [-0.39, 0.29) is 39.7 Å². The number of ether oxygens (including phenoxy) is 2. The molecule has 2 aromatic carbocycles. The van der Waals surface area contributed by atoms with E-state index in [4.69, 9.17) is 9.47 Å². The van der Waals surface area contributed by atoms with E-state index in [0.717, 1.165) is 5.56 Å². The van der Waals surface area contributed by atoms with Crippen LogP contribution in [0.15, 0.2) is 53.2 Å². The van der Waals surface area contributed by atoms with Crippen molar-refractivity contribution in [2.24, 2.45) is 0 Å². The van der Waals surface area contributed by atoms with Gasteiger partial charge in [-0.05, 0) is 49.8 Å². The van der Waals surface area contributed by atoms with Crippen molar-refractivity contribution in [2.45, 2.75) is 25.9 Å². The predicted molar refractivity (Wildman–Crippen MR) is 134 cm³/mol. The maximum absolute atomic E-state index is 12.6. The summed E-state index contributed by atoms with van der Waals surface area (Å²) in [5.41, 5.74) is 1.55. The normalized spacial score (nSPS) is 11.4. The number of hydrogen-bond acceptors (Lipinski definition) is 10. The first-order valence-corrected chi connectivity index (χ1v) is 13.1. The minimum atomic E-state index is -3.62. The van der Waals surface area contributed by atoms with Crippen LogP contribution in [0.5, 0.6) is 11.5 Å². The fourth-order valence-corrected chi connectivity index (χ4v) is 4.39. The van der Waals surface area contributed by atoms with E-state index in [0.29, 0.717) is 22.7 Å². The molecule has 0 fully saturated rings. The van der Waals surface area contributed by atoms with Crippen LogP contribution in [0.4, 0.5) is 5.13 Å². The maximum atomic E-state index is 12.6. The number of anilines is 1. The van der Waals surface area contributed by atoms with Crippen molar-refractivity contribution in [3.05, 3.63) is 64.7 Å². The van der Waals surface area contributed by atoms with Gasteiger partial charge in [0, 0.05) is 11.5 Å². The second kappa shape index (κ2) is 11.6. The van der Waals surface area contributed by atoms with Gasteiger partial charge in [0.15, 0.2) is 11.5 Å². The highest BCUT2D eigenvalue weighted by atomic mass is 32.2. The molecule has 0 aliphatic heterocycles. The van der Waals surface area contributed by atoms with E-state index in [9.17, 15) is 23.3 Å². The van der Waals surface area contributed by atoms with Crippen LogP contribution in [0.25, 0.3) is 6.08 Å². The van der Waals surface area contributed by atoms with Gasteiger partial charge in [-0.3, -0.25) is 10.1 Å². The number of nitrogens with zero attached hydrogens (tertiary/aromatic N) is 3. The Balaban J connectivity index is 1.81. The van der Waals surface area contributed by atoms with E-state index in [1.54, 1.807) is 43.3 Å². The molecule has 10 nitrogen and oxygen atoms in total. The van der Waals surface area contributed by atoms with E-state index in [2.05, 4.69) is 14.7 Å². The van der Waals surface area contributed by atoms with Crippen molar-refractivity contribution in [1.29, 1.82) is 5.26 Å². The molecule has 0 spiro atoms. The van der Waals surface area contributed by atoms with Crippen LogP contribution < -0.4 is 14.8 Å². The lowest BCUT2D eigenvalue weighted by Crippen LogP contribution is -2.14. The molecule has 0 radical (unpaired) electrons. The molecule has 0 atom stereocenters. The summed E-state index contributed by atoms with van der Waals surface area (Å²) in [7, 11) is -3.62. The fourth-order valence-electron chi connectivity index (χ4n) is 2.81. The highest BCUT2D eigenvalue weighted by Gasteiger charge is 2.20. The van der Waals surface area contributed by atoms with Gasteiger partial charge in [0.05, 0.1) is 17.9 Å². The van der Waals surface area contributed by atoms with Crippen molar-refractivity contribution in [1.82, 2.24) is 9.36 Å². The first kappa shape index (κ1) is 26.5. The highest BCUT2D eigenvalue weighted by molar-refractivity contribution is 7.91. The van der Waals surface area contributed by atoms with Gasteiger partial charge in [-0.2, -0.15) is 14.6 Å². The van der Waals surface area contributed by atoms with Gasteiger partial charge in [0.25, 0.3) is 11.1 Å². The summed E-state index contributed by atoms with van der Waals surface area (Å²) >= 11 is 0.693. The molecule has 1 aromatic heterocycles. The quantitative estimate of drug-likeness (QED) is 0.190. The molecule has 1 N–H and O–H groups in total. The maximum Gasteiger partial charge on any atom is 0.343 e. The Hall–Kier alpha value is -4.08. The molecular formula is C24H22N4O6S2. The van der Waals surface area contributed by atoms with Crippen LogP contribution in [0.2, 0.25) is 0 Å². The Morgan fingerprint density at radius 2 is 1.86 bits per heavy atom. The zero-order valence-corrected chi connectivity index (χ0v) is 21.3. The Morgan fingerprint density at radius 1 is 1.14 bits per heavy atom. The lowest BCUT2D eigenvalue weighted by molar-refractivity contribution is -0.112. The summed E-state index contributed by atoms with van der Waals surface area (Å²) in [5.74, 6) is -1.09. The van der Waals surface area contributed by atoms with Crippen LogP contribution in [-0.2, 0) is 14.6 Å². The van der Waals surface area contributed by atoms with Crippen molar-refractivity contribution in [3.8, 4) is 17.6 Å². The number of aromatic nitrogens is 2. The summed E-state index contributed by atoms with van der Waals surface area (Å²) in [5, 5.41) is 11.4. The van der Waals surface area contributed by atoms with E-state index < -0.39 is 21.7 Å². The molecule has 0 saturated carbocycles. The van der Waals surface area contributed by atoms with Crippen LogP contribution >= 0.6 is 11.5 Å². The third kappa shape index (κ3) is 6.53. The summed E-state index contributed by atoms with van der Waals surface area (Å²) in [4.78, 5) is 28.9. The number of aryl methyl sites for hydroxylation is 1. The number of rotatable bonds is 9. The number of carbonyl (C=O) groups excluding carboxylic acids is 2. The molecule has 1 amide bonds. The number of benzene rings is 2. The van der Waals surface area contributed by atoms with Gasteiger partial charge in [-0.25, -0.2) is 13.2 Å². The summed E-state index contributed by atoms with van der Waals surface area (Å²) in [6.07, 6.45) is 1.31. The molecule has 0 saturated heterocycles. The van der Waals surface area contributed by atoms with Crippen LogP contribution in [0.1, 0.15) is 35.3 Å². The molecular weight excluding hydrogens is 504 g/mol. The first-order valence-electron chi connectivity index (χ1n) is 10.7. The number of esters is 1. The highest BCUT2D eigenvalue weighted by Crippen LogP contribution is 2.30. The smallest absolute Gasteiger partial charge is 0.343 e. The summed E-state index contributed by atoms with van der Waals surface area (Å²) in [6, 6.07) is 13.3. The predicted octanol–water partition coefficient (Wildman–Crippen LogP) is 3.80. The molecule has 0 aliphatic carbocycles. The molecule has 1 heterocycles. The van der Waals surface area contributed by atoms with Crippen molar-refractivity contribution in [2.75, 3.05) is 17.7 Å². The Bertz CT molecular complexity index is 1450. The number of sulfone groups is 1. The first-order chi connectivity index (χ1) is 17.2. The van der Waals surface area contributed by atoms with Crippen LogP contribution in [0, 0.1) is 18.3 Å². The van der Waals surface area contributed by atoms with Gasteiger partial charge in [0.1, 0.15) is 11.6 Å². The SMILES string of the molecule is CCOc1cc(C=C(C#N)C(=O)Nc2nc(S(=O)(=O)CC)ns2)ccc1OC(=O)c1ccc(C)cc1. The van der Waals surface area contributed by atoms with Gasteiger partial charge < -0.3 is 9.47 Å². The van der Waals surface area contributed by atoms with Crippen LogP contribution in [-0.4, -0.2) is 42.0 Å². The van der Waals surface area contributed by atoms with E-state index >= 15 is 0 Å². The molecule has 0 unspecified atom stereocenters. The third-order valence-corrected chi connectivity index (χ3v) is 6.96. The van der Waals surface area contributed by atoms with Gasteiger partial charge in [0.2, 0.25) is 15.0 Å². The number of nitrogens with one attached hydrogen (secondary N) is 1. The molecule has 0 bridgehead atoms. The Kier molecular flexibility index (Phi) is 8.52. The molecule has 36 heavy (non-hydrogen) atoms. The minimum absolute atomic E-state index is 0.0541. The molecule has 0 aliphatic rings. The van der Waals surface area contributed by atoms with Gasteiger partial charge in [-0.1, -0.05) is 30.7 Å². The van der Waals surface area contributed by atoms with Crippen molar-refractivity contribution >= 4 is 44.5 Å². The lowest BCUT2D eigenvalue weighted by Gasteiger charge is -2.12. The van der Waals surface area contributed by atoms with Crippen molar-refractivity contribution in [3.63, 3.8) is 0 Å². The molecule has 12 heteroatoms.